The summed E-state index contributed by atoms with van der Waals surface area (Å²) in [5, 5.41) is 13.8. The summed E-state index contributed by atoms with van der Waals surface area (Å²) in [6.07, 6.45) is 0.965. The fourth-order valence-electron chi connectivity index (χ4n) is 0.846. The standard InChI is InChI=1S/C7H14N2O3/c1-2-9-6(7(11)12)3-4-8-5-10/h5-6,9H,2-4H2,1H3,(H,8,10)(H,11,12). The van der Waals surface area contributed by atoms with Crippen molar-refractivity contribution in [2.45, 2.75) is 19.4 Å². The first kappa shape index (κ1) is 10.9. The van der Waals surface area contributed by atoms with Crippen LogP contribution < -0.4 is 10.6 Å². The number of carbonyl (C=O) groups is 2. The number of carboxylic acids is 1. The van der Waals surface area contributed by atoms with Gasteiger partial charge in [0.15, 0.2) is 0 Å². The second-order valence-electron chi connectivity index (χ2n) is 2.31. The molecular weight excluding hydrogens is 160 g/mol. The highest BCUT2D eigenvalue weighted by Crippen LogP contribution is 1.89. The number of likely N-dealkylation sites (N-methyl/N-ethyl adjacent to an activating group) is 1. The third-order valence-electron chi connectivity index (χ3n) is 1.41. The fraction of sp³-hybridized carbons (Fsp3) is 0.714. The minimum absolute atomic E-state index is 0.382. The van der Waals surface area contributed by atoms with Crippen LogP contribution in [0, 0.1) is 0 Å². The first-order valence-corrected chi connectivity index (χ1v) is 3.85. The van der Waals surface area contributed by atoms with E-state index in [1.807, 2.05) is 6.92 Å². The Morgan fingerprint density at radius 2 is 2.33 bits per heavy atom. The molecule has 1 amide bonds. The van der Waals surface area contributed by atoms with E-state index in [0.29, 0.717) is 25.9 Å². The van der Waals surface area contributed by atoms with Crippen LogP contribution in [-0.2, 0) is 9.59 Å². The number of carboxylic acid groups (broad SMARTS) is 1. The molecule has 3 N–H and O–H groups in total. The summed E-state index contributed by atoms with van der Waals surface area (Å²) in [6, 6.07) is -0.567. The molecule has 0 aliphatic rings. The fourth-order valence-corrected chi connectivity index (χ4v) is 0.846. The summed E-state index contributed by atoms with van der Waals surface area (Å²) in [4.78, 5) is 20.3. The van der Waals surface area contributed by atoms with Gasteiger partial charge in [0.1, 0.15) is 6.04 Å². The maximum atomic E-state index is 10.5. The van der Waals surface area contributed by atoms with Crippen molar-refractivity contribution in [2.24, 2.45) is 0 Å². The van der Waals surface area contributed by atoms with Crippen molar-refractivity contribution >= 4 is 12.4 Å². The van der Waals surface area contributed by atoms with Gasteiger partial charge < -0.3 is 15.7 Å². The molecule has 1 atom stereocenters. The largest absolute Gasteiger partial charge is 0.480 e. The molecule has 0 aromatic heterocycles. The Morgan fingerprint density at radius 3 is 2.75 bits per heavy atom. The van der Waals surface area contributed by atoms with E-state index in [-0.39, 0.29) is 0 Å². The van der Waals surface area contributed by atoms with E-state index < -0.39 is 12.0 Å². The van der Waals surface area contributed by atoms with Gasteiger partial charge >= 0.3 is 5.97 Å². The Hall–Kier alpha value is -1.10. The molecule has 1 unspecified atom stereocenters. The van der Waals surface area contributed by atoms with Gasteiger partial charge in [0.05, 0.1) is 0 Å². The molecule has 0 aromatic rings. The molecule has 0 radical (unpaired) electrons. The zero-order valence-corrected chi connectivity index (χ0v) is 7.04. The van der Waals surface area contributed by atoms with Crippen molar-refractivity contribution in [3.8, 4) is 0 Å². The van der Waals surface area contributed by atoms with E-state index in [1.165, 1.54) is 0 Å². The predicted molar refractivity (Wildman–Crippen MR) is 43.8 cm³/mol. The smallest absolute Gasteiger partial charge is 0.320 e. The van der Waals surface area contributed by atoms with Crippen LogP contribution in [0.4, 0.5) is 0 Å². The van der Waals surface area contributed by atoms with Crippen molar-refractivity contribution in [1.29, 1.82) is 0 Å². The summed E-state index contributed by atoms with van der Waals surface area (Å²) in [5.74, 6) is -0.885. The van der Waals surface area contributed by atoms with E-state index in [0.717, 1.165) is 0 Å². The predicted octanol–water partition coefficient (Wildman–Crippen LogP) is -0.815. The van der Waals surface area contributed by atoms with Crippen LogP contribution in [-0.4, -0.2) is 36.6 Å². The van der Waals surface area contributed by atoms with Crippen molar-refractivity contribution < 1.29 is 14.7 Å². The summed E-state index contributed by atoms with van der Waals surface area (Å²) in [6.45, 7) is 2.83. The van der Waals surface area contributed by atoms with E-state index in [1.54, 1.807) is 0 Å². The molecule has 0 saturated carbocycles. The molecule has 0 spiro atoms. The molecule has 5 heteroatoms. The van der Waals surface area contributed by atoms with Crippen molar-refractivity contribution in [3.63, 3.8) is 0 Å². The second-order valence-corrected chi connectivity index (χ2v) is 2.31. The van der Waals surface area contributed by atoms with Crippen LogP contribution in [0.5, 0.6) is 0 Å². The third kappa shape index (κ3) is 4.68. The number of nitrogens with one attached hydrogen (secondary N) is 2. The lowest BCUT2D eigenvalue weighted by Gasteiger charge is -2.11. The van der Waals surface area contributed by atoms with Crippen LogP contribution in [0.2, 0.25) is 0 Å². The summed E-state index contributed by atoms with van der Waals surface area (Å²) in [7, 11) is 0. The van der Waals surface area contributed by atoms with Crippen molar-refractivity contribution in [2.75, 3.05) is 13.1 Å². The Bertz CT molecular complexity index is 150. The van der Waals surface area contributed by atoms with Crippen LogP contribution in [0.3, 0.4) is 0 Å². The summed E-state index contributed by atoms with van der Waals surface area (Å²) < 4.78 is 0. The Balaban J connectivity index is 3.63. The van der Waals surface area contributed by atoms with E-state index >= 15 is 0 Å². The summed E-state index contributed by atoms with van der Waals surface area (Å²) in [5.41, 5.74) is 0. The lowest BCUT2D eigenvalue weighted by atomic mass is 10.2. The molecular formula is C7H14N2O3. The number of aliphatic carboxylic acids is 1. The van der Waals surface area contributed by atoms with Crippen molar-refractivity contribution in [3.05, 3.63) is 0 Å². The SMILES string of the molecule is CCNC(CCNC=O)C(=O)O. The minimum Gasteiger partial charge on any atom is -0.480 e. The van der Waals surface area contributed by atoms with Gasteiger partial charge in [-0.1, -0.05) is 6.92 Å². The van der Waals surface area contributed by atoms with Crippen molar-refractivity contribution in [1.82, 2.24) is 10.6 Å². The molecule has 0 aliphatic carbocycles. The molecule has 0 aliphatic heterocycles. The normalized spacial score (nSPS) is 12.1. The van der Waals surface area contributed by atoms with Gasteiger partial charge in [0.25, 0.3) is 0 Å². The van der Waals surface area contributed by atoms with Gasteiger partial charge in [-0.3, -0.25) is 9.59 Å². The van der Waals surface area contributed by atoms with Crippen LogP contribution in [0.25, 0.3) is 0 Å². The highest BCUT2D eigenvalue weighted by atomic mass is 16.4. The van der Waals surface area contributed by atoms with Gasteiger partial charge in [0.2, 0.25) is 6.41 Å². The van der Waals surface area contributed by atoms with E-state index in [9.17, 15) is 9.59 Å². The number of rotatable bonds is 7. The lowest BCUT2D eigenvalue weighted by molar-refractivity contribution is -0.139. The van der Waals surface area contributed by atoms with Gasteiger partial charge in [-0.05, 0) is 13.0 Å². The van der Waals surface area contributed by atoms with E-state index in [2.05, 4.69) is 10.6 Å². The number of amides is 1. The first-order chi connectivity index (χ1) is 5.72. The highest BCUT2D eigenvalue weighted by Gasteiger charge is 2.14. The Kier molecular flexibility index (Phi) is 6.00. The monoisotopic (exact) mass is 174 g/mol. The minimum atomic E-state index is -0.885. The molecule has 12 heavy (non-hydrogen) atoms. The number of hydrogen-bond acceptors (Lipinski definition) is 3. The second kappa shape index (κ2) is 6.60. The van der Waals surface area contributed by atoms with Crippen LogP contribution in [0.1, 0.15) is 13.3 Å². The maximum absolute atomic E-state index is 10.5. The quantitative estimate of drug-likeness (QED) is 0.348. The molecule has 0 bridgehead atoms. The van der Waals surface area contributed by atoms with Gasteiger partial charge in [-0.15, -0.1) is 0 Å². The zero-order valence-electron chi connectivity index (χ0n) is 7.04. The third-order valence-corrected chi connectivity index (χ3v) is 1.41. The topological polar surface area (TPSA) is 78.4 Å². The molecule has 0 rings (SSSR count). The Morgan fingerprint density at radius 1 is 1.67 bits per heavy atom. The van der Waals surface area contributed by atoms with Crippen LogP contribution in [0.15, 0.2) is 0 Å². The van der Waals surface area contributed by atoms with Crippen LogP contribution >= 0.6 is 0 Å². The van der Waals surface area contributed by atoms with Gasteiger partial charge in [0, 0.05) is 6.54 Å². The summed E-state index contributed by atoms with van der Waals surface area (Å²) >= 11 is 0. The average Bonchev–Trinajstić information content (AvgIpc) is 2.03. The molecule has 0 saturated heterocycles. The molecule has 0 fully saturated rings. The first-order valence-electron chi connectivity index (χ1n) is 3.85. The molecule has 0 heterocycles. The average molecular weight is 174 g/mol. The molecule has 0 aromatic carbocycles. The molecule has 5 nitrogen and oxygen atoms in total. The van der Waals surface area contributed by atoms with E-state index in [4.69, 9.17) is 5.11 Å². The van der Waals surface area contributed by atoms with Gasteiger partial charge in [-0.25, -0.2) is 0 Å². The zero-order chi connectivity index (χ0) is 9.40. The lowest BCUT2D eigenvalue weighted by Crippen LogP contribution is -2.38. The Labute approximate surface area is 71.1 Å². The number of carbonyl (C=O) groups excluding carboxylic acids is 1. The van der Waals surface area contributed by atoms with Gasteiger partial charge in [-0.2, -0.15) is 0 Å². The highest BCUT2D eigenvalue weighted by molar-refractivity contribution is 5.73. The number of hydrogen-bond donors (Lipinski definition) is 3. The molecule has 70 valence electrons. The maximum Gasteiger partial charge on any atom is 0.320 e.